The van der Waals surface area contributed by atoms with Crippen molar-refractivity contribution in [2.45, 2.75) is 44.4 Å². The largest absolute Gasteiger partial charge is 0.508 e. The molecular weight excluding hydrogens is 514 g/mol. The number of benzene rings is 2. The number of rotatable bonds is 4. The number of fused-ring (bicyclic) bond motifs is 4. The summed E-state index contributed by atoms with van der Waals surface area (Å²) in [6, 6.07) is 6.28. The molecule has 3 unspecified atom stereocenters. The molecule has 0 radical (unpaired) electrons. The summed E-state index contributed by atoms with van der Waals surface area (Å²) in [6.07, 6.45) is 10.0. The predicted octanol–water partition coefficient (Wildman–Crippen LogP) is 4.83. The van der Waals surface area contributed by atoms with Gasteiger partial charge in [0, 0.05) is 65.1 Å². The molecule has 0 spiro atoms. The number of phenolic OH excluding ortho intramolecular Hbond substituents is 1. The fourth-order valence-electron chi connectivity index (χ4n) is 6.40. The Morgan fingerprint density at radius 3 is 2.67 bits per heavy atom. The van der Waals surface area contributed by atoms with Crippen LogP contribution in [0.15, 0.2) is 30.5 Å². The third-order valence-corrected chi connectivity index (χ3v) is 8.30. The number of aryl methyl sites for hydroxylation is 1. The second-order valence-electron chi connectivity index (χ2n) is 10.9. The van der Waals surface area contributed by atoms with E-state index in [2.05, 4.69) is 21.1 Å². The first kappa shape index (κ1) is 25.0. The molecule has 40 heavy (non-hydrogen) atoms. The van der Waals surface area contributed by atoms with E-state index in [0.29, 0.717) is 64.1 Å². The van der Waals surface area contributed by atoms with Gasteiger partial charge in [-0.2, -0.15) is 4.98 Å². The van der Waals surface area contributed by atoms with Gasteiger partial charge in [-0.1, -0.05) is 12.0 Å². The van der Waals surface area contributed by atoms with Crippen LogP contribution in [-0.2, 0) is 4.74 Å². The summed E-state index contributed by atoms with van der Waals surface area (Å²) >= 11 is 0. The van der Waals surface area contributed by atoms with Crippen molar-refractivity contribution in [2.24, 2.45) is 0 Å². The van der Waals surface area contributed by atoms with E-state index in [0.717, 1.165) is 32.4 Å². The number of anilines is 1. The number of ether oxygens (including phenoxy) is 2. The number of nitrogens with zero attached hydrogens (tertiary/aromatic N) is 3. The van der Waals surface area contributed by atoms with Crippen molar-refractivity contribution >= 4 is 27.4 Å². The van der Waals surface area contributed by atoms with Gasteiger partial charge in [0.15, 0.2) is 5.82 Å². The molecule has 5 heterocycles. The average molecular weight is 543 g/mol. The van der Waals surface area contributed by atoms with Gasteiger partial charge >= 0.3 is 0 Å². The first-order chi connectivity index (χ1) is 19.4. The second kappa shape index (κ2) is 9.58. The summed E-state index contributed by atoms with van der Waals surface area (Å²) < 4.78 is 43.3. The zero-order valence-corrected chi connectivity index (χ0v) is 22.0. The maximum absolute atomic E-state index is 16.8. The SMILES string of the molecule is C#Cc1c(F)ccc2cc(O)cc(-c3ncc4c(N5CC6CCC(C5)N6)nc(OC5CCOC5)c(C)c4c3F)c12. The third kappa shape index (κ3) is 4.02. The van der Waals surface area contributed by atoms with Crippen LogP contribution in [0.5, 0.6) is 11.6 Å². The molecule has 3 fully saturated rings. The average Bonchev–Trinajstić information content (AvgIpc) is 3.58. The Morgan fingerprint density at radius 1 is 1.15 bits per heavy atom. The van der Waals surface area contributed by atoms with E-state index in [9.17, 15) is 9.50 Å². The highest BCUT2D eigenvalue weighted by molar-refractivity contribution is 6.04. The van der Waals surface area contributed by atoms with Gasteiger partial charge in [0.2, 0.25) is 5.88 Å². The molecule has 3 saturated heterocycles. The summed E-state index contributed by atoms with van der Waals surface area (Å²) in [4.78, 5) is 11.7. The van der Waals surface area contributed by atoms with Crippen LogP contribution in [-0.4, -0.2) is 59.6 Å². The zero-order chi connectivity index (χ0) is 27.5. The van der Waals surface area contributed by atoms with Crippen molar-refractivity contribution in [1.82, 2.24) is 15.3 Å². The Morgan fingerprint density at radius 2 is 1.95 bits per heavy atom. The molecule has 0 aliphatic carbocycles. The van der Waals surface area contributed by atoms with Crippen LogP contribution < -0.4 is 15.0 Å². The first-order valence-corrected chi connectivity index (χ1v) is 13.6. The maximum Gasteiger partial charge on any atom is 0.219 e. The highest BCUT2D eigenvalue weighted by Gasteiger charge is 2.35. The molecule has 3 aliphatic heterocycles. The minimum Gasteiger partial charge on any atom is -0.508 e. The smallest absolute Gasteiger partial charge is 0.219 e. The number of phenols is 1. The van der Waals surface area contributed by atoms with Gasteiger partial charge in [-0.25, -0.2) is 8.78 Å². The van der Waals surface area contributed by atoms with Gasteiger partial charge in [-0.15, -0.1) is 6.42 Å². The number of hydrogen-bond donors (Lipinski definition) is 2. The van der Waals surface area contributed by atoms with Crippen LogP contribution in [0.3, 0.4) is 0 Å². The van der Waals surface area contributed by atoms with E-state index in [1.807, 2.05) is 0 Å². The molecular formula is C31H28F2N4O3. The van der Waals surface area contributed by atoms with Gasteiger partial charge in [-0.3, -0.25) is 4.98 Å². The summed E-state index contributed by atoms with van der Waals surface area (Å²) in [5.41, 5.74) is 0.706. The van der Waals surface area contributed by atoms with E-state index < -0.39 is 11.6 Å². The minimum atomic E-state index is -0.608. The monoisotopic (exact) mass is 542 g/mol. The second-order valence-corrected chi connectivity index (χ2v) is 10.9. The van der Waals surface area contributed by atoms with Crippen molar-refractivity contribution in [3.8, 4) is 35.2 Å². The highest BCUT2D eigenvalue weighted by atomic mass is 19.1. The van der Waals surface area contributed by atoms with Crippen LogP contribution in [0.4, 0.5) is 14.6 Å². The molecule has 2 aromatic carbocycles. The van der Waals surface area contributed by atoms with Gasteiger partial charge in [-0.05, 0) is 43.4 Å². The molecule has 0 saturated carbocycles. The zero-order valence-electron chi connectivity index (χ0n) is 22.0. The van der Waals surface area contributed by atoms with E-state index in [1.165, 1.54) is 24.3 Å². The summed E-state index contributed by atoms with van der Waals surface area (Å²) in [5.74, 6) is 2.06. The van der Waals surface area contributed by atoms with Crippen molar-refractivity contribution in [1.29, 1.82) is 0 Å². The lowest BCUT2D eigenvalue weighted by molar-refractivity contribution is 0.137. The molecule has 3 aliphatic rings. The standard InChI is InChI=1S/C31H28F2N4O3/c1-3-22-25(32)7-4-17-10-20(38)11-23(27(17)22)29-28(33)26-16(2)31(40-21-8-9-39-15-21)36-30(24(26)12-34-29)37-13-18-5-6-19(14-37)35-18/h1,4,7,10-12,18-19,21,35,38H,5-6,8-9,13-15H2,2H3. The van der Waals surface area contributed by atoms with Crippen molar-refractivity contribution in [3.05, 3.63) is 53.2 Å². The molecule has 4 aromatic rings. The summed E-state index contributed by atoms with van der Waals surface area (Å²) in [7, 11) is 0. The maximum atomic E-state index is 16.8. The lowest BCUT2D eigenvalue weighted by Gasteiger charge is -2.34. The molecule has 7 rings (SSSR count). The molecule has 204 valence electrons. The summed E-state index contributed by atoms with van der Waals surface area (Å²) in [6.45, 7) is 4.34. The third-order valence-electron chi connectivity index (χ3n) is 8.30. The Bertz CT molecular complexity index is 1700. The molecule has 0 amide bonds. The van der Waals surface area contributed by atoms with Crippen molar-refractivity contribution < 1.29 is 23.4 Å². The first-order valence-electron chi connectivity index (χ1n) is 13.6. The predicted molar refractivity (Wildman–Crippen MR) is 149 cm³/mol. The van der Waals surface area contributed by atoms with Gasteiger partial charge in [0.1, 0.15) is 29.2 Å². The van der Waals surface area contributed by atoms with Crippen LogP contribution >= 0.6 is 0 Å². The van der Waals surface area contributed by atoms with Crippen LogP contribution in [0.2, 0.25) is 0 Å². The lowest BCUT2D eigenvalue weighted by Crippen LogP contribution is -2.51. The normalized spacial score (nSPS) is 22.2. The fraction of sp³-hybridized carbons (Fsp3) is 0.355. The lowest BCUT2D eigenvalue weighted by atomic mass is 9.95. The molecule has 2 N–H and O–H groups in total. The number of aromatic hydroxyl groups is 1. The van der Waals surface area contributed by atoms with Crippen LogP contribution in [0.1, 0.15) is 30.4 Å². The Labute approximate surface area is 230 Å². The molecule has 2 bridgehead atoms. The molecule has 9 heteroatoms. The minimum absolute atomic E-state index is 0.0116. The van der Waals surface area contributed by atoms with Gasteiger partial charge in [0.25, 0.3) is 0 Å². The number of hydrogen-bond acceptors (Lipinski definition) is 7. The van der Waals surface area contributed by atoms with E-state index >= 15 is 4.39 Å². The Hall–Kier alpha value is -4.00. The number of pyridine rings is 2. The topological polar surface area (TPSA) is 79.7 Å². The van der Waals surface area contributed by atoms with Crippen LogP contribution in [0.25, 0.3) is 32.8 Å². The number of terminal acetylenes is 1. The van der Waals surface area contributed by atoms with Gasteiger partial charge < -0.3 is 24.8 Å². The summed E-state index contributed by atoms with van der Waals surface area (Å²) in [5, 5.41) is 15.8. The molecule has 2 aromatic heterocycles. The molecule has 3 atom stereocenters. The van der Waals surface area contributed by atoms with E-state index in [-0.39, 0.29) is 28.7 Å². The van der Waals surface area contributed by atoms with E-state index in [1.54, 1.807) is 13.1 Å². The number of halogens is 2. The molecule has 7 nitrogen and oxygen atoms in total. The number of piperazine rings is 1. The van der Waals surface area contributed by atoms with E-state index in [4.69, 9.17) is 20.9 Å². The quantitative estimate of drug-likeness (QED) is 0.358. The Kier molecular flexibility index (Phi) is 5.99. The van der Waals surface area contributed by atoms with Crippen molar-refractivity contribution in [2.75, 3.05) is 31.2 Å². The Balaban J connectivity index is 1.47. The van der Waals surface area contributed by atoms with Crippen LogP contribution in [0, 0.1) is 30.9 Å². The van der Waals surface area contributed by atoms with Gasteiger partial charge in [0.05, 0.1) is 18.8 Å². The highest BCUT2D eigenvalue weighted by Crippen LogP contribution is 2.42. The number of aromatic nitrogens is 2. The van der Waals surface area contributed by atoms with Crippen molar-refractivity contribution in [3.63, 3.8) is 0 Å². The fourth-order valence-corrected chi connectivity index (χ4v) is 6.40. The number of nitrogens with one attached hydrogen (secondary N) is 1.